The topological polar surface area (TPSA) is 112 Å². The van der Waals surface area contributed by atoms with Crippen LogP contribution in [0.25, 0.3) is 0 Å². The van der Waals surface area contributed by atoms with Crippen molar-refractivity contribution in [3.05, 3.63) is 40.6 Å². The number of imidazole rings is 1. The lowest BCUT2D eigenvalue weighted by Gasteiger charge is -2.36. The molecule has 0 aliphatic carbocycles. The molecule has 0 radical (unpaired) electrons. The number of fused-ring (bicyclic) bond motifs is 1. The van der Waals surface area contributed by atoms with Gasteiger partial charge in [0.15, 0.2) is 0 Å². The second-order valence-corrected chi connectivity index (χ2v) is 9.87. The molecule has 11 heteroatoms. The van der Waals surface area contributed by atoms with Crippen LogP contribution in [-0.4, -0.2) is 69.5 Å². The van der Waals surface area contributed by atoms with E-state index in [2.05, 4.69) is 9.88 Å². The first-order valence-electron chi connectivity index (χ1n) is 11.4. The highest BCUT2D eigenvalue weighted by Crippen LogP contribution is 2.31. The molecule has 1 amide bonds. The molecule has 1 saturated heterocycles. The van der Waals surface area contributed by atoms with Crippen LogP contribution in [0.5, 0.6) is 11.8 Å². The Hall–Kier alpha value is -3.50. The Morgan fingerprint density at radius 3 is 2.47 bits per heavy atom. The molecular weight excluding hydrogens is 442 g/mol. The highest BCUT2D eigenvalue weighted by Gasteiger charge is 2.37. The Morgan fingerprint density at radius 1 is 1.18 bits per heavy atom. The van der Waals surface area contributed by atoms with Gasteiger partial charge in [-0.1, -0.05) is 0 Å². The number of nitro groups is 1. The van der Waals surface area contributed by atoms with Crippen LogP contribution in [0, 0.1) is 10.1 Å². The van der Waals surface area contributed by atoms with Crippen LogP contribution in [-0.2, 0) is 11.3 Å². The molecule has 0 N–H and O–H groups in total. The van der Waals surface area contributed by atoms with E-state index in [1.165, 1.54) is 6.20 Å². The van der Waals surface area contributed by atoms with E-state index in [1.807, 2.05) is 52.0 Å². The number of anilines is 1. The van der Waals surface area contributed by atoms with Gasteiger partial charge >= 0.3 is 17.9 Å². The van der Waals surface area contributed by atoms with E-state index in [0.29, 0.717) is 38.4 Å². The van der Waals surface area contributed by atoms with Gasteiger partial charge in [-0.15, -0.1) is 0 Å². The molecule has 4 rings (SSSR count). The predicted octanol–water partition coefficient (Wildman–Crippen LogP) is 3.47. The summed E-state index contributed by atoms with van der Waals surface area (Å²) in [6.07, 6.45) is 1.77. The summed E-state index contributed by atoms with van der Waals surface area (Å²) in [6, 6.07) is 8.06. The minimum absolute atomic E-state index is 0.220. The number of ether oxygens (including phenoxy) is 3. The van der Waals surface area contributed by atoms with Crippen LogP contribution >= 0.6 is 0 Å². The molecule has 3 heterocycles. The van der Waals surface area contributed by atoms with Gasteiger partial charge in [0.25, 0.3) is 0 Å². The monoisotopic (exact) mass is 473 g/mol. The number of hydrogen-bond acceptors (Lipinski definition) is 8. The fourth-order valence-corrected chi connectivity index (χ4v) is 3.91. The molecule has 1 fully saturated rings. The van der Waals surface area contributed by atoms with Gasteiger partial charge in [-0.05, 0) is 56.9 Å². The van der Waals surface area contributed by atoms with Crippen molar-refractivity contribution < 1.29 is 23.9 Å². The standard InChI is InChI=1S/C23H31N5O6/c1-22(2,3)34-21(29)26-13-11-25(12-14-26)17-5-7-18(8-6-17)32-16-23(4)9-10-27-15-19(28(30)31)24-20(27)33-23/h5-8,15H,9-14,16H2,1-4H3. The highest BCUT2D eigenvalue weighted by atomic mass is 16.6. The van der Waals surface area contributed by atoms with Gasteiger partial charge < -0.3 is 34.1 Å². The van der Waals surface area contributed by atoms with Gasteiger partial charge in [-0.3, -0.25) is 4.57 Å². The van der Waals surface area contributed by atoms with Crippen molar-refractivity contribution in [1.29, 1.82) is 0 Å². The van der Waals surface area contributed by atoms with Crippen molar-refractivity contribution in [3.63, 3.8) is 0 Å². The number of aromatic nitrogens is 2. The average molecular weight is 474 g/mol. The van der Waals surface area contributed by atoms with Gasteiger partial charge in [-0.25, -0.2) is 4.79 Å². The van der Waals surface area contributed by atoms with Gasteiger partial charge in [0.2, 0.25) is 0 Å². The average Bonchev–Trinajstić information content (AvgIpc) is 3.20. The van der Waals surface area contributed by atoms with Crippen molar-refractivity contribution >= 4 is 17.6 Å². The Kier molecular flexibility index (Phi) is 6.28. The number of carbonyl (C=O) groups is 1. The molecule has 0 saturated carbocycles. The van der Waals surface area contributed by atoms with E-state index in [0.717, 1.165) is 18.8 Å². The third kappa shape index (κ3) is 5.52. The third-order valence-electron chi connectivity index (χ3n) is 5.81. The summed E-state index contributed by atoms with van der Waals surface area (Å²) in [6.45, 7) is 11.0. The SMILES string of the molecule is CC(C)(C)OC(=O)N1CCN(c2ccc(OCC3(C)CCn4cc([N+](=O)[O-])nc4O3)cc2)CC1. The molecular formula is C23H31N5O6. The maximum Gasteiger partial charge on any atom is 0.414 e. The van der Waals surface area contributed by atoms with E-state index in [1.54, 1.807) is 9.47 Å². The van der Waals surface area contributed by atoms with Gasteiger partial charge in [-0.2, -0.15) is 0 Å². The third-order valence-corrected chi connectivity index (χ3v) is 5.81. The van der Waals surface area contributed by atoms with Crippen molar-refractivity contribution in [3.8, 4) is 11.8 Å². The zero-order chi connectivity index (χ0) is 24.5. The summed E-state index contributed by atoms with van der Waals surface area (Å²) in [5.41, 5.74) is -0.0697. The largest absolute Gasteiger partial charge is 0.489 e. The second kappa shape index (κ2) is 9.03. The van der Waals surface area contributed by atoms with Gasteiger partial charge in [0.1, 0.15) is 29.8 Å². The lowest BCUT2D eigenvalue weighted by atomic mass is 10.0. The molecule has 34 heavy (non-hydrogen) atoms. The summed E-state index contributed by atoms with van der Waals surface area (Å²) in [5.74, 6) is 0.489. The predicted molar refractivity (Wildman–Crippen MR) is 124 cm³/mol. The highest BCUT2D eigenvalue weighted by molar-refractivity contribution is 5.68. The molecule has 2 aromatic rings. The van der Waals surface area contributed by atoms with E-state index in [9.17, 15) is 14.9 Å². The fourth-order valence-electron chi connectivity index (χ4n) is 3.91. The summed E-state index contributed by atoms with van der Waals surface area (Å²) < 4.78 is 19.0. The number of amides is 1. The summed E-state index contributed by atoms with van der Waals surface area (Å²) in [5, 5.41) is 11.0. The number of benzene rings is 1. The number of aryl methyl sites for hydroxylation is 1. The zero-order valence-electron chi connectivity index (χ0n) is 20.0. The Balaban J connectivity index is 1.28. The van der Waals surface area contributed by atoms with Crippen molar-refractivity contribution in [2.24, 2.45) is 0 Å². The quantitative estimate of drug-likeness (QED) is 0.479. The molecule has 2 aliphatic rings. The lowest BCUT2D eigenvalue weighted by Crippen LogP contribution is -2.50. The maximum absolute atomic E-state index is 12.3. The van der Waals surface area contributed by atoms with Crippen LogP contribution in [0.4, 0.5) is 16.3 Å². The van der Waals surface area contributed by atoms with E-state index >= 15 is 0 Å². The number of hydrogen-bond donors (Lipinski definition) is 0. The maximum atomic E-state index is 12.3. The molecule has 2 aliphatic heterocycles. The number of carbonyl (C=O) groups excluding carboxylic acids is 1. The zero-order valence-corrected chi connectivity index (χ0v) is 20.0. The number of piperazine rings is 1. The fraction of sp³-hybridized carbons (Fsp3) is 0.565. The normalized spacial score (nSPS) is 20.4. The van der Waals surface area contributed by atoms with Crippen LogP contribution in [0.3, 0.4) is 0 Å². The number of nitrogens with zero attached hydrogens (tertiary/aromatic N) is 5. The van der Waals surface area contributed by atoms with E-state index in [-0.39, 0.29) is 17.9 Å². The molecule has 11 nitrogen and oxygen atoms in total. The first kappa shape index (κ1) is 23.7. The van der Waals surface area contributed by atoms with Crippen LogP contribution in [0.15, 0.2) is 30.5 Å². The second-order valence-electron chi connectivity index (χ2n) is 9.87. The first-order valence-corrected chi connectivity index (χ1v) is 11.4. The van der Waals surface area contributed by atoms with Crippen LogP contribution < -0.4 is 14.4 Å². The van der Waals surface area contributed by atoms with Crippen LogP contribution in [0.1, 0.15) is 34.1 Å². The molecule has 1 unspecified atom stereocenters. The number of rotatable bonds is 5. The molecule has 1 aromatic carbocycles. The smallest absolute Gasteiger partial charge is 0.414 e. The molecule has 1 aromatic heterocycles. The Bertz CT molecular complexity index is 1040. The first-order chi connectivity index (χ1) is 16.0. The molecule has 0 spiro atoms. The van der Waals surface area contributed by atoms with Gasteiger partial charge in [0, 0.05) is 49.8 Å². The van der Waals surface area contributed by atoms with E-state index < -0.39 is 16.1 Å². The van der Waals surface area contributed by atoms with Crippen molar-refractivity contribution in [2.45, 2.75) is 51.9 Å². The molecule has 1 atom stereocenters. The summed E-state index contributed by atoms with van der Waals surface area (Å²) >= 11 is 0. The Morgan fingerprint density at radius 2 is 1.85 bits per heavy atom. The molecule has 0 bridgehead atoms. The lowest BCUT2D eigenvalue weighted by molar-refractivity contribution is -0.389. The van der Waals surface area contributed by atoms with Crippen LogP contribution in [0.2, 0.25) is 0 Å². The minimum Gasteiger partial charge on any atom is -0.489 e. The minimum atomic E-state index is -0.633. The summed E-state index contributed by atoms with van der Waals surface area (Å²) in [7, 11) is 0. The molecule has 184 valence electrons. The van der Waals surface area contributed by atoms with E-state index in [4.69, 9.17) is 14.2 Å². The van der Waals surface area contributed by atoms with Crippen molar-refractivity contribution in [1.82, 2.24) is 14.5 Å². The summed E-state index contributed by atoms with van der Waals surface area (Å²) in [4.78, 5) is 30.6. The van der Waals surface area contributed by atoms with Gasteiger partial charge in [0.05, 0.1) is 0 Å². The van der Waals surface area contributed by atoms with Crippen molar-refractivity contribution in [2.75, 3.05) is 37.7 Å². The Labute approximate surface area is 198 Å².